The minimum absolute atomic E-state index is 0.136. The molecule has 1 aromatic heterocycles. The minimum atomic E-state index is -0.547. The first-order chi connectivity index (χ1) is 14.8. The molecule has 1 heterocycles. The summed E-state index contributed by atoms with van der Waals surface area (Å²) in [5, 5.41) is 16.1. The van der Waals surface area contributed by atoms with Crippen LogP contribution in [0.4, 0.5) is 10.1 Å². The van der Waals surface area contributed by atoms with E-state index in [1.54, 1.807) is 55.7 Å². The maximum absolute atomic E-state index is 14.9. The van der Waals surface area contributed by atoms with Gasteiger partial charge in [-0.15, -0.1) is 0 Å². The Balaban J connectivity index is 2.08. The number of nitrogens with one attached hydrogen (secondary N) is 1. The van der Waals surface area contributed by atoms with Crippen LogP contribution in [-0.2, 0) is 11.8 Å². The molecule has 0 saturated heterocycles. The van der Waals surface area contributed by atoms with Gasteiger partial charge in [-0.1, -0.05) is 35.0 Å². The van der Waals surface area contributed by atoms with Crippen molar-refractivity contribution >= 4 is 28.9 Å². The minimum Gasteiger partial charge on any atom is -0.411 e. The quantitative estimate of drug-likeness (QED) is 0.334. The number of carbonyl (C=O) groups is 1. The molecule has 0 aliphatic carbocycles. The average molecular weight is 442 g/mol. The van der Waals surface area contributed by atoms with Crippen LogP contribution in [0.15, 0.2) is 70.7 Å². The number of rotatable bonds is 6. The van der Waals surface area contributed by atoms with Gasteiger partial charge >= 0.3 is 0 Å². The van der Waals surface area contributed by atoms with Gasteiger partial charge in [0.25, 0.3) is 0 Å². The highest BCUT2D eigenvalue weighted by molar-refractivity contribution is 6.30. The Hall–Kier alpha value is -3.45. The number of hydrogen-bond donors (Lipinski definition) is 2. The van der Waals surface area contributed by atoms with Crippen molar-refractivity contribution in [1.82, 2.24) is 4.57 Å². The summed E-state index contributed by atoms with van der Waals surface area (Å²) < 4.78 is 16.2. The van der Waals surface area contributed by atoms with Gasteiger partial charge in [-0.05, 0) is 41.5 Å². The van der Waals surface area contributed by atoms with Crippen molar-refractivity contribution in [3.63, 3.8) is 0 Å². The molecule has 0 bridgehead atoms. The molecular weight excluding hydrogens is 421 g/mol. The molecule has 3 aromatic rings. The summed E-state index contributed by atoms with van der Waals surface area (Å²) >= 11 is 5.93. The first kappa shape index (κ1) is 22.2. The number of pyridine rings is 1. The van der Waals surface area contributed by atoms with Crippen LogP contribution in [-0.4, -0.2) is 21.4 Å². The van der Waals surface area contributed by atoms with E-state index in [2.05, 4.69) is 10.5 Å². The number of amides is 1. The lowest BCUT2D eigenvalue weighted by Crippen LogP contribution is -2.18. The van der Waals surface area contributed by atoms with E-state index in [-0.39, 0.29) is 28.6 Å². The third kappa shape index (κ3) is 5.38. The number of carbonyl (C=O) groups excluding carboxylic acids is 1. The largest absolute Gasteiger partial charge is 0.411 e. The lowest BCUT2D eigenvalue weighted by molar-refractivity contribution is -0.114. The van der Waals surface area contributed by atoms with Crippen molar-refractivity contribution in [2.75, 3.05) is 5.32 Å². The molecule has 6 nitrogen and oxygen atoms in total. The van der Waals surface area contributed by atoms with Gasteiger partial charge in [-0.25, -0.2) is 4.39 Å². The SMILES string of the molecule is CC(=O)Nc1cccc(C(C/C(=N\O)c2ccc(=O)n(C)c2)c2ccc(Cl)cc2F)c1. The van der Waals surface area contributed by atoms with E-state index in [1.807, 2.05) is 0 Å². The van der Waals surface area contributed by atoms with E-state index >= 15 is 0 Å². The molecule has 1 atom stereocenters. The van der Waals surface area contributed by atoms with Gasteiger partial charge in [-0.3, -0.25) is 9.59 Å². The molecule has 31 heavy (non-hydrogen) atoms. The molecule has 1 amide bonds. The zero-order valence-corrected chi connectivity index (χ0v) is 17.7. The average Bonchev–Trinajstić information content (AvgIpc) is 2.71. The Morgan fingerprint density at radius 3 is 2.65 bits per heavy atom. The molecule has 2 aromatic carbocycles. The third-order valence-electron chi connectivity index (χ3n) is 4.88. The molecule has 2 N–H and O–H groups in total. The van der Waals surface area contributed by atoms with Gasteiger partial charge in [0.15, 0.2) is 0 Å². The normalized spacial score (nSPS) is 12.5. The summed E-state index contributed by atoms with van der Waals surface area (Å²) in [7, 11) is 1.59. The third-order valence-corrected chi connectivity index (χ3v) is 5.12. The molecule has 3 rings (SSSR count). The number of halogens is 2. The number of aryl methyl sites for hydroxylation is 1. The van der Waals surface area contributed by atoms with Crippen molar-refractivity contribution in [2.24, 2.45) is 12.2 Å². The van der Waals surface area contributed by atoms with Crippen LogP contribution < -0.4 is 10.9 Å². The second-order valence-electron chi connectivity index (χ2n) is 7.14. The van der Waals surface area contributed by atoms with Gasteiger partial charge in [0.1, 0.15) is 5.82 Å². The fraction of sp³-hybridized carbons (Fsp3) is 0.174. The van der Waals surface area contributed by atoms with E-state index in [0.717, 1.165) is 0 Å². The van der Waals surface area contributed by atoms with Gasteiger partial charge < -0.3 is 15.1 Å². The van der Waals surface area contributed by atoms with Crippen LogP contribution in [0.5, 0.6) is 0 Å². The molecule has 0 fully saturated rings. The fourth-order valence-corrected chi connectivity index (χ4v) is 3.56. The lowest BCUT2D eigenvalue weighted by atomic mass is 9.85. The summed E-state index contributed by atoms with van der Waals surface area (Å²) in [6.07, 6.45) is 1.69. The van der Waals surface area contributed by atoms with Crippen molar-refractivity contribution in [1.29, 1.82) is 0 Å². The second kappa shape index (κ2) is 9.57. The first-order valence-electron chi connectivity index (χ1n) is 9.49. The number of nitrogens with zero attached hydrogens (tertiary/aromatic N) is 2. The molecule has 160 valence electrons. The number of oxime groups is 1. The zero-order valence-electron chi connectivity index (χ0n) is 17.0. The maximum Gasteiger partial charge on any atom is 0.250 e. The van der Waals surface area contributed by atoms with Crippen LogP contribution in [0.1, 0.15) is 36.0 Å². The first-order valence-corrected chi connectivity index (χ1v) is 9.86. The summed E-state index contributed by atoms with van der Waals surface area (Å²) in [4.78, 5) is 23.2. The summed E-state index contributed by atoms with van der Waals surface area (Å²) in [6, 6.07) is 14.4. The van der Waals surface area contributed by atoms with Crippen LogP contribution in [0.3, 0.4) is 0 Å². The number of benzene rings is 2. The molecule has 1 unspecified atom stereocenters. The molecule has 0 aliphatic rings. The number of aromatic nitrogens is 1. The lowest BCUT2D eigenvalue weighted by Gasteiger charge is -2.20. The topological polar surface area (TPSA) is 83.7 Å². The zero-order chi connectivity index (χ0) is 22.5. The number of hydrogen-bond acceptors (Lipinski definition) is 4. The van der Waals surface area contributed by atoms with Gasteiger partial charge in [0.2, 0.25) is 11.5 Å². The van der Waals surface area contributed by atoms with Crippen LogP contribution in [0, 0.1) is 5.82 Å². The smallest absolute Gasteiger partial charge is 0.250 e. The second-order valence-corrected chi connectivity index (χ2v) is 7.58. The van der Waals surface area contributed by atoms with E-state index < -0.39 is 11.7 Å². The van der Waals surface area contributed by atoms with Crippen LogP contribution in [0.2, 0.25) is 5.02 Å². The highest BCUT2D eigenvalue weighted by atomic mass is 35.5. The Labute approximate surface area is 183 Å². The standard InChI is InChI=1S/C23H21ClFN3O3/c1-14(29)26-18-5-3-4-15(10-18)20(19-8-7-17(24)11-21(19)25)12-22(27-31)16-6-9-23(30)28(2)13-16/h3-11,13,20,31H,12H2,1-2H3,(H,26,29)/b27-22+. The predicted octanol–water partition coefficient (Wildman–Crippen LogP) is 4.54. The molecule has 0 radical (unpaired) electrons. The summed E-state index contributed by atoms with van der Waals surface area (Å²) in [5.41, 5.74) is 2.23. The molecule has 0 saturated carbocycles. The van der Waals surface area contributed by atoms with Gasteiger partial charge in [-0.2, -0.15) is 0 Å². The van der Waals surface area contributed by atoms with E-state index in [0.29, 0.717) is 22.4 Å². The van der Waals surface area contributed by atoms with Crippen LogP contribution in [0.25, 0.3) is 0 Å². The predicted molar refractivity (Wildman–Crippen MR) is 119 cm³/mol. The highest BCUT2D eigenvalue weighted by Crippen LogP contribution is 2.33. The van der Waals surface area contributed by atoms with E-state index in [9.17, 15) is 19.2 Å². The Kier molecular flexibility index (Phi) is 6.87. The van der Waals surface area contributed by atoms with Crippen LogP contribution >= 0.6 is 11.6 Å². The van der Waals surface area contributed by atoms with Gasteiger partial charge in [0.05, 0.1) is 5.71 Å². The Bertz CT molecular complexity index is 1210. The van der Waals surface area contributed by atoms with E-state index in [1.165, 1.54) is 23.6 Å². The van der Waals surface area contributed by atoms with Crippen molar-refractivity contribution in [3.05, 3.63) is 98.7 Å². The summed E-state index contributed by atoms with van der Waals surface area (Å²) in [6.45, 7) is 1.40. The highest BCUT2D eigenvalue weighted by Gasteiger charge is 2.22. The Morgan fingerprint density at radius 2 is 2.00 bits per heavy atom. The number of anilines is 1. The Morgan fingerprint density at radius 1 is 1.23 bits per heavy atom. The molecular formula is C23H21ClFN3O3. The fourth-order valence-electron chi connectivity index (χ4n) is 3.40. The monoisotopic (exact) mass is 441 g/mol. The maximum atomic E-state index is 14.9. The van der Waals surface area contributed by atoms with E-state index in [4.69, 9.17) is 11.6 Å². The van der Waals surface area contributed by atoms with Gasteiger partial charge in [0, 0.05) is 54.8 Å². The summed E-state index contributed by atoms with van der Waals surface area (Å²) in [5.74, 6) is -1.27. The molecule has 0 spiro atoms. The molecule has 8 heteroatoms. The van der Waals surface area contributed by atoms with Crippen molar-refractivity contribution in [2.45, 2.75) is 19.3 Å². The van der Waals surface area contributed by atoms with Crippen molar-refractivity contribution < 1.29 is 14.4 Å². The molecule has 0 aliphatic heterocycles. The van der Waals surface area contributed by atoms with Crippen molar-refractivity contribution in [3.8, 4) is 0 Å².